The van der Waals surface area contributed by atoms with Crippen molar-refractivity contribution in [2.75, 3.05) is 26.7 Å². The third kappa shape index (κ3) is 6.42. The number of hydrogen-bond donors (Lipinski definition) is 2. The number of nitrogens with one attached hydrogen (secondary N) is 2. The van der Waals surface area contributed by atoms with Crippen molar-refractivity contribution < 1.29 is 23.9 Å². The van der Waals surface area contributed by atoms with Crippen molar-refractivity contribution in [2.45, 2.75) is 57.6 Å². The Bertz CT molecular complexity index is 1090. The smallest absolute Gasteiger partial charge is 0.410 e. The SMILES string of the molecule is CNC(=O)C(CC1CCN(C(=O)OC(C)(C)C)CC1)NC(=O)OCC1c2ccccc2-c2ccccc21. The highest BCUT2D eigenvalue weighted by Crippen LogP contribution is 2.44. The topological polar surface area (TPSA) is 97.0 Å². The molecule has 2 aromatic rings. The Kier molecular flexibility index (Phi) is 8.05. The van der Waals surface area contributed by atoms with Crippen LogP contribution >= 0.6 is 0 Å². The number of carbonyl (C=O) groups excluding carboxylic acids is 3. The van der Waals surface area contributed by atoms with Crippen LogP contribution in [0.4, 0.5) is 9.59 Å². The standard InChI is InChI=1S/C29H37N3O5/c1-29(2,3)37-28(35)32-15-13-19(14-16-32)17-25(26(33)30-4)31-27(34)36-18-24-22-11-7-5-9-20(22)21-10-6-8-12-23(21)24/h5-12,19,24-25H,13-18H2,1-4H3,(H,30,33)(H,31,34). The molecule has 0 aromatic heterocycles. The van der Waals surface area contributed by atoms with E-state index in [0.717, 1.165) is 35.1 Å². The summed E-state index contributed by atoms with van der Waals surface area (Å²) >= 11 is 0. The van der Waals surface area contributed by atoms with Crippen LogP contribution in [0.25, 0.3) is 11.1 Å². The molecule has 1 aliphatic carbocycles. The minimum atomic E-state index is -0.710. The number of nitrogens with zero attached hydrogens (tertiary/aromatic N) is 1. The molecule has 2 N–H and O–H groups in total. The Labute approximate surface area is 218 Å². The molecule has 37 heavy (non-hydrogen) atoms. The molecule has 0 bridgehead atoms. The Morgan fingerprint density at radius 2 is 1.54 bits per heavy atom. The van der Waals surface area contributed by atoms with Gasteiger partial charge in [-0.05, 0) is 68.2 Å². The van der Waals surface area contributed by atoms with E-state index >= 15 is 0 Å². The van der Waals surface area contributed by atoms with Crippen LogP contribution in [0.2, 0.25) is 0 Å². The highest BCUT2D eigenvalue weighted by molar-refractivity contribution is 5.85. The second kappa shape index (κ2) is 11.2. The minimum absolute atomic E-state index is 0.0474. The zero-order chi connectivity index (χ0) is 26.6. The molecule has 0 radical (unpaired) electrons. The molecule has 0 saturated carbocycles. The maximum atomic E-state index is 12.8. The first-order valence-electron chi connectivity index (χ1n) is 13.0. The Hall–Kier alpha value is -3.55. The summed E-state index contributed by atoms with van der Waals surface area (Å²) < 4.78 is 11.1. The molecule has 2 aromatic carbocycles. The zero-order valence-electron chi connectivity index (χ0n) is 22.1. The predicted octanol–water partition coefficient (Wildman–Crippen LogP) is 4.68. The number of benzene rings is 2. The van der Waals surface area contributed by atoms with E-state index in [4.69, 9.17) is 9.47 Å². The fourth-order valence-corrected chi connectivity index (χ4v) is 5.20. The van der Waals surface area contributed by atoms with E-state index in [1.807, 2.05) is 45.0 Å². The summed E-state index contributed by atoms with van der Waals surface area (Å²) in [5, 5.41) is 5.42. The maximum absolute atomic E-state index is 12.8. The monoisotopic (exact) mass is 507 g/mol. The molecule has 8 heteroatoms. The molecule has 1 saturated heterocycles. The summed E-state index contributed by atoms with van der Waals surface area (Å²) in [5.74, 6) is -0.119. The first kappa shape index (κ1) is 26.5. The highest BCUT2D eigenvalue weighted by atomic mass is 16.6. The zero-order valence-corrected chi connectivity index (χ0v) is 22.1. The first-order valence-corrected chi connectivity index (χ1v) is 13.0. The largest absolute Gasteiger partial charge is 0.449 e. The second-order valence-corrected chi connectivity index (χ2v) is 10.8. The number of ether oxygens (including phenoxy) is 2. The van der Waals surface area contributed by atoms with E-state index in [2.05, 4.69) is 34.9 Å². The van der Waals surface area contributed by atoms with Gasteiger partial charge in [0.05, 0.1) is 0 Å². The lowest BCUT2D eigenvalue weighted by Gasteiger charge is -2.34. The van der Waals surface area contributed by atoms with Gasteiger partial charge in [0.25, 0.3) is 0 Å². The highest BCUT2D eigenvalue weighted by Gasteiger charge is 2.32. The fourth-order valence-electron chi connectivity index (χ4n) is 5.20. The summed E-state index contributed by atoms with van der Waals surface area (Å²) in [6.45, 7) is 6.85. The number of alkyl carbamates (subject to hydrolysis) is 1. The van der Waals surface area contributed by atoms with E-state index in [1.54, 1.807) is 11.9 Å². The van der Waals surface area contributed by atoms with Crippen molar-refractivity contribution in [2.24, 2.45) is 5.92 Å². The molecule has 2 aliphatic rings. The van der Waals surface area contributed by atoms with E-state index in [1.165, 1.54) is 0 Å². The fraction of sp³-hybridized carbons (Fsp3) is 0.483. The van der Waals surface area contributed by atoms with Crippen molar-refractivity contribution in [3.8, 4) is 11.1 Å². The van der Waals surface area contributed by atoms with Gasteiger partial charge in [0.15, 0.2) is 0 Å². The number of likely N-dealkylation sites (N-methyl/N-ethyl adjacent to an activating group) is 1. The minimum Gasteiger partial charge on any atom is -0.449 e. The number of carbonyl (C=O) groups is 3. The van der Waals surface area contributed by atoms with Crippen LogP contribution in [-0.2, 0) is 14.3 Å². The Morgan fingerprint density at radius 1 is 0.973 bits per heavy atom. The molecular weight excluding hydrogens is 470 g/mol. The average molecular weight is 508 g/mol. The van der Waals surface area contributed by atoms with Gasteiger partial charge in [-0.2, -0.15) is 0 Å². The molecule has 1 atom stereocenters. The van der Waals surface area contributed by atoms with Crippen molar-refractivity contribution in [3.63, 3.8) is 0 Å². The summed E-state index contributed by atoms with van der Waals surface area (Å²) in [7, 11) is 1.56. The van der Waals surface area contributed by atoms with Gasteiger partial charge >= 0.3 is 12.2 Å². The summed E-state index contributed by atoms with van der Waals surface area (Å²) in [6, 6.07) is 15.6. The number of hydrogen-bond acceptors (Lipinski definition) is 5. The van der Waals surface area contributed by atoms with Crippen LogP contribution < -0.4 is 10.6 Å². The molecule has 8 nitrogen and oxygen atoms in total. The summed E-state index contributed by atoms with van der Waals surface area (Å²) in [4.78, 5) is 39.4. The van der Waals surface area contributed by atoms with Gasteiger partial charge in [-0.3, -0.25) is 4.79 Å². The first-order chi connectivity index (χ1) is 17.7. The van der Waals surface area contributed by atoms with Crippen LogP contribution in [0.3, 0.4) is 0 Å². The molecule has 3 amide bonds. The van der Waals surface area contributed by atoms with Gasteiger partial charge in [0, 0.05) is 26.1 Å². The van der Waals surface area contributed by atoms with Crippen LogP contribution in [0.1, 0.15) is 57.1 Å². The molecule has 0 spiro atoms. The lowest BCUT2D eigenvalue weighted by atomic mass is 9.90. The number of amides is 3. The van der Waals surface area contributed by atoms with E-state index < -0.39 is 17.7 Å². The van der Waals surface area contributed by atoms with Crippen LogP contribution in [0, 0.1) is 5.92 Å². The van der Waals surface area contributed by atoms with Gasteiger partial charge in [0.2, 0.25) is 5.91 Å². The lowest BCUT2D eigenvalue weighted by molar-refractivity contribution is -0.123. The average Bonchev–Trinajstić information content (AvgIpc) is 3.19. The summed E-state index contributed by atoms with van der Waals surface area (Å²) in [5.41, 5.74) is 4.05. The van der Waals surface area contributed by atoms with Crippen molar-refractivity contribution in [1.82, 2.24) is 15.5 Å². The quantitative estimate of drug-likeness (QED) is 0.592. The summed E-state index contributed by atoms with van der Waals surface area (Å²) in [6.07, 6.45) is 1.02. The maximum Gasteiger partial charge on any atom is 0.410 e. The third-order valence-corrected chi connectivity index (χ3v) is 7.03. The Morgan fingerprint density at radius 3 is 2.08 bits per heavy atom. The van der Waals surface area contributed by atoms with Crippen LogP contribution in [0.15, 0.2) is 48.5 Å². The number of likely N-dealkylation sites (tertiary alicyclic amines) is 1. The predicted molar refractivity (Wildman–Crippen MR) is 141 cm³/mol. The van der Waals surface area contributed by atoms with Gasteiger partial charge in [-0.25, -0.2) is 9.59 Å². The molecule has 1 heterocycles. The van der Waals surface area contributed by atoms with Crippen LogP contribution in [-0.4, -0.2) is 61.4 Å². The lowest BCUT2D eigenvalue weighted by Crippen LogP contribution is -2.48. The van der Waals surface area contributed by atoms with Crippen molar-refractivity contribution in [1.29, 1.82) is 0 Å². The van der Waals surface area contributed by atoms with E-state index in [-0.39, 0.29) is 30.4 Å². The molecule has 1 unspecified atom stereocenters. The molecule has 1 fully saturated rings. The molecular formula is C29H37N3O5. The normalized spacial score (nSPS) is 16.4. The van der Waals surface area contributed by atoms with Gasteiger partial charge in [0.1, 0.15) is 18.2 Å². The third-order valence-electron chi connectivity index (χ3n) is 7.03. The molecule has 4 rings (SSSR count). The second-order valence-electron chi connectivity index (χ2n) is 10.8. The van der Waals surface area contributed by atoms with E-state index in [9.17, 15) is 14.4 Å². The number of piperidine rings is 1. The Balaban J connectivity index is 1.32. The van der Waals surface area contributed by atoms with Crippen molar-refractivity contribution in [3.05, 3.63) is 59.7 Å². The van der Waals surface area contributed by atoms with Gasteiger partial charge in [-0.1, -0.05) is 48.5 Å². The van der Waals surface area contributed by atoms with Gasteiger partial charge < -0.3 is 25.0 Å². The molecule has 1 aliphatic heterocycles. The van der Waals surface area contributed by atoms with E-state index in [0.29, 0.717) is 19.5 Å². The number of rotatable bonds is 6. The number of fused-ring (bicyclic) bond motifs is 3. The van der Waals surface area contributed by atoms with Crippen LogP contribution in [0.5, 0.6) is 0 Å². The van der Waals surface area contributed by atoms with Crippen molar-refractivity contribution >= 4 is 18.1 Å². The molecule has 198 valence electrons. The van der Waals surface area contributed by atoms with Gasteiger partial charge in [-0.15, -0.1) is 0 Å².